The lowest BCUT2D eigenvalue weighted by molar-refractivity contribution is 0.0945. The molecular weight excluding hydrogens is 398 g/mol. The van der Waals surface area contributed by atoms with Gasteiger partial charge in [-0.2, -0.15) is 4.39 Å². The number of fused-ring (bicyclic) bond motifs is 2. The van der Waals surface area contributed by atoms with Gasteiger partial charge in [0, 0.05) is 30.4 Å². The Morgan fingerprint density at radius 2 is 2.14 bits per heavy atom. The van der Waals surface area contributed by atoms with E-state index >= 15 is 0 Å². The van der Waals surface area contributed by atoms with Gasteiger partial charge in [-0.3, -0.25) is 9.78 Å². The highest BCUT2D eigenvalue weighted by Crippen LogP contribution is 2.33. The van der Waals surface area contributed by atoms with Gasteiger partial charge in [-0.15, -0.1) is 0 Å². The van der Waals surface area contributed by atoms with Crippen LogP contribution in [0.4, 0.5) is 4.39 Å². The van der Waals surface area contributed by atoms with Crippen LogP contribution in [-0.4, -0.2) is 27.4 Å². The van der Waals surface area contributed by atoms with Gasteiger partial charge in [0.1, 0.15) is 5.52 Å². The Morgan fingerprint density at radius 1 is 1.27 bits per heavy atom. The molecule has 3 aromatic heterocycles. The predicted molar refractivity (Wildman–Crippen MR) is 88.0 cm³/mol. The first kappa shape index (κ1) is 13.6. The second kappa shape index (κ2) is 5.01. The first-order valence-electron chi connectivity index (χ1n) is 6.75. The van der Waals surface area contributed by atoms with Crippen LogP contribution in [0.2, 0.25) is 0 Å². The van der Waals surface area contributed by atoms with Crippen molar-refractivity contribution in [3.63, 3.8) is 0 Å². The fourth-order valence-electron chi connectivity index (χ4n) is 2.73. The van der Waals surface area contributed by atoms with Gasteiger partial charge in [-0.05, 0) is 40.8 Å². The number of carbonyl (C=O) groups excluding carboxylic acids is 1. The molecule has 0 radical (unpaired) electrons. The molecule has 2 N–H and O–H groups in total. The number of amides is 1. The van der Waals surface area contributed by atoms with Gasteiger partial charge in [-0.1, -0.05) is 0 Å². The van der Waals surface area contributed by atoms with Crippen LogP contribution >= 0.6 is 22.6 Å². The molecule has 4 heterocycles. The van der Waals surface area contributed by atoms with Crippen molar-refractivity contribution in [2.75, 3.05) is 6.54 Å². The van der Waals surface area contributed by atoms with Crippen LogP contribution in [-0.2, 0) is 6.42 Å². The number of nitrogens with one attached hydrogen (secondary N) is 2. The molecule has 7 heteroatoms. The second-order valence-electron chi connectivity index (χ2n) is 5.03. The van der Waals surface area contributed by atoms with Gasteiger partial charge in [-0.25, -0.2) is 4.98 Å². The van der Waals surface area contributed by atoms with Crippen LogP contribution in [0.25, 0.3) is 22.3 Å². The first-order valence-corrected chi connectivity index (χ1v) is 7.83. The SMILES string of the molecule is O=C1NCCc2[nH]c(-c3ccnc4ccc(F)nc34)c(I)c21. The van der Waals surface area contributed by atoms with Crippen molar-refractivity contribution in [2.45, 2.75) is 6.42 Å². The topological polar surface area (TPSA) is 70.7 Å². The van der Waals surface area contributed by atoms with E-state index in [0.717, 1.165) is 26.9 Å². The van der Waals surface area contributed by atoms with Crippen molar-refractivity contribution in [3.8, 4) is 11.3 Å². The third-order valence-electron chi connectivity index (χ3n) is 3.72. The summed E-state index contributed by atoms with van der Waals surface area (Å²) in [6, 6.07) is 4.67. The summed E-state index contributed by atoms with van der Waals surface area (Å²) in [7, 11) is 0. The molecule has 1 aliphatic rings. The van der Waals surface area contributed by atoms with Crippen LogP contribution in [0.1, 0.15) is 16.1 Å². The summed E-state index contributed by atoms with van der Waals surface area (Å²) in [6.07, 6.45) is 2.41. The number of halogens is 2. The molecular formula is C15H10FIN4O. The first-order chi connectivity index (χ1) is 10.6. The number of hydrogen-bond donors (Lipinski definition) is 2. The standard InChI is InChI=1S/C15H10FIN4O/c16-10-2-1-9-13(21-10)7(3-5-18-9)14-12(17)11-8(20-14)4-6-19-15(11)22/h1-3,5,20H,4,6H2,(H,19,22). The number of nitrogens with zero attached hydrogens (tertiary/aromatic N) is 2. The molecule has 0 aliphatic carbocycles. The smallest absolute Gasteiger partial charge is 0.254 e. The zero-order valence-corrected chi connectivity index (χ0v) is 13.4. The monoisotopic (exact) mass is 408 g/mol. The van der Waals surface area contributed by atoms with Crippen molar-refractivity contribution >= 4 is 39.5 Å². The minimum atomic E-state index is -0.550. The van der Waals surface area contributed by atoms with Crippen LogP contribution < -0.4 is 5.32 Å². The molecule has 110 valence electrons. The van der Waals surface area contributed by atoms with Crippen LogP contribution in [0.5, 0.6) is 0 Å². The average Bonchev–Trinajstić information content (AvgIpc) is 2.85. The zero-order chi connectivity index (χ0) is 15.3. The van der Waals surface area contributed by atoms with Crippen LogP contribution in [0.3, 0.4) is 0 Å². The number of H-pyrrole nitrogens is 1. The lowest BCUT2D eigenvalue weighted by atomic mass is 10.1. The maximum atomic E-state index is 13.5. The molecule has 5 nitrogen and oxygen atoms in total. The Hall–Kier alpha value is -2.03. The van der Waals surface area contributed by atoms with Crippen molar-refractivity contribution in [1.82, 2.24) is 20.3 Å². The average molecular weight is 408 g/mol. The Balaban J connectivity index is 2.00. The highest BCUT2D eigenvalue weighted by molar-refractivity contribution is 14.1. The normalized spacial score (nSPS) is 14.0. The lowest BCUT2D eigenvalue weighted by Gasteiger charge is -2.11. The molecule has 0 bridgehead atoms. The summed E-state index contributed by atoms with van der Waals surface area (Å²) in [6.45, 7) is 0.617. The van der Waals surface area contributed by atoms with E-state index in [1.54, 1.807) is 18.3 Å². The van der Waals surface area contributed by atoms with E-state index in [1.165, 1.54) is 6.07 Å². The van der Waals surface area contributed by atoms with E-state index in [4.69, 9.17) is 0 Å². The number of pyridine rings is 2. The molecule has 0 spiro atoms. The molecule has 1 amide bonds. The molecule has 3 aromatic rings. The van der Waals surface area contributed by atoms with Gasteiger partial charge in [0.15, 0.2) is 0 Å². The van der Waals surface area contributed by atoms with Crippen LogP contribution in [0.15, 0.2) is 24.4 Å². The third kappa shape index (κ3) is 1.99. The van der Waals surface area contributed by atoms with Crippen molar-refractivity contribution in [1.29, 1.82) is 0 Å². The van der Waals surface area contributed by atoms with Crippen LogP contribution in [0, 0.1) is 9.52 Å². The molecule has 0 atom stereocenters. The largest absolute Gasteiger partial charge is 0.357 e. The molecule has 1 aliphatic heterocycles. The molecule has 0 aromatic carbocycles. The number of aromatic amines is 1. The van der Waals surface area contributed by atoms with E-state index < -0.39 is 5.95 Å². The summed E-state index contributed by atoms with van der Waals surface area (Å²) >= 11 is 2.15. The fourth-order valence-corrected chi connectivity index (χ4v) is 3.72. The molecule has 0 unspecified atom stereocenters. The zero-order valence-electron chi connectivity index (χ0n) is 11.3. The fraction of sp³-hybridized carbons (Fsp3) is 0.133. The van der Waals surface area contributed by atoms with Gasteiger partial charge >= 0.3 is 0 Å². The minimum Gasteiger partial charge on any atom is -0.357 e. The van der Waals surface area contributed by atoms with E-state index in [2.05, 4.69) is 42.9 Å². The van der Waals surface area contributed by atoms with Crippen molar-refractivity contribution in [3.05, 3.63) is 45.2 Å². The maximum Gasteiger partial charge on any atom is 0.254 e. The summed E-state index contributed by atoms with van der Waals surface area (Å²) in [4.78, 5) is 23.5. The van der Waals surface area contributed by atoms with E-state index in [9.17, 15) is 9.18 Å². The lowest BCUT2D eigenvalue weighted by Crippen LogP contribution is -2.31. The Bertz CT molecular complexity index is 921. The maximum absolute atomic E-state index is 13.5. The van der Waals surface area contributed by atoms with Gasteiger partial charge < -0.3 is 10.3 Å². The minimum absolute atomic E-state index is 0.0781. The van der Waals surface area contributed by atoms with Gasteiger partial charge in [0.2, 0.25) is 5.95 Å². The predicted octanol–water partition coefficient (Wildman–Crippen LogP) is 2.65. The third-order valence-corrected chi connectivity index (χ3v) is 4.80. The molecule has 0 saturated heterocycles. The molecule has 0 fully saturated rings. The van der Waals surface area contributed by atoms with Crippen molar-refractivity contribution in [2.24, 2.45) is 0 Å². The summed E-state index contributed by atoms with van der Waals surface area (Å²) in [5.74, 6) is -0.628. The number of hydrogen-bond acceptors (Lipinski definition) is 3. The van der Waals surface area contributed by atoms with E-state index in [0.29, 0.717) is 23.1 Å². The second-order valence-corrected chi connectivity index (χ2v) is 6.11. The Kier molecular flexibility index (Phi) is 3.10. The summed E-state index contributed by atoms with van der Waals surface area (Å²) < 4.78 is 14.3. The molecule has 0 saturated carbocycles. The van der Waals surface area contributed by atoms with E-state index in [1.807, 2.05) is 0 Å². The van der Waals surface area contributed by atoms with Gasteiger partial charge in [0.05, 0.1) is 20.3 Å². The Labute approximate surface area is 138 Å². The summed E-state index contributed by atoms with van der Waals surface area (Å²) in [5.41, 5.74) is 4.21. The highest BCUT2D eigenvalue weighted by Gasteiger charge is 2.26. The van der Waals surface area contributed by atoms with Crippen molar-refractivity contribution < 1.29 is 9.18 Å². The van der Waals surface area contributed by atoms with Gasteiger partial charge in [0.25, 0.3) is 5.91 Å². The quantitative estimate of drug-likeness (QED) is 0.481. The summed E-state index contributed by atoms with van der Waals surface area (Å²) in [5, 5.41) is 2.84. The number of carbonyl (C=O) groups is 1. The van der Waals surface area contributed by atoms with E-state index in [-0.39, 0.29) is 5.91 Å². The molecule has 4 rings (SSSR count). The number of aromatic nitrogens is 3. The number of rotatable bonds is 1. The Morgan fingerprint density at radius 3 is 2.95 bits per heavy atom. The highest BCUT2D eigenvalue weighted by atomic mass is 127. The molecule has 22 heavy (non-hydrogen) atoms.